The van der Waals surface area contributed by atoms with Crippen molar-refractivity contribution < 1.29 is 14.7 Å². The van der Waals surface area contributed by atoms with E-state index in [0.717, 1.165) is 62.3 Å². The Balaban J connectivity index is 0.000000190. The maximum absolute atomic E-state index is 12.8. The van der Waals surface area contributed by atoms with Crippen LogP contribution < -0.4 is 16.8 Å². The summed E-state index contributed by atoms with van der Waals surface area (Å²) < 4.78 is 0. The zero-order valence-corrected chi connectivity index (χ0v) is 29.6. The SMILES string of the molecule is Cc1ccc(C(=O)N2CCCC(c3ccc(C#N)cc3)CC2)cc1N.Cc1ccc(C(=O)O)cc1N.[C-]#[N+]c1ccc(C2CCCNCC2)cc1. The number of benzene rings is 4. The first-order valence-electron chi connectivity index (χ1n) is 17.5. The van der Waals surface area contributed by atoms with Gasteiger partial charge in [0, 0.05) is 30.0 Å². The summed E-state index contributed by atoms with van der Waals surface area (Å²) in [6.45, 7) is 14.5. The first-order chi connectivity index (χ1) is 24.6. The van der Waals surface area contributed by atoms with E-state index in [1.807, 2.05) is 67.3 Å². The molecule has 6 N–H and O–H groups in total. The van der Waals surface area contributed by atoms with E-state index in [-0.39, 0.29) is 11.5 Å². The highest BCUT2D eigenvalue weighted by Crippen LogP contribution is 2.30. The number of carboxylic acids is 1. The van der Waals surface area contributed by atoms with Crippen molar-refractivity contribution in [3.63, 3.8) is 0 Å². The van der Waals surface area contributed by atoms with Crippen molar-refractivity contribution in [1.29, 1.82) is 5.26 Å². The van der Waals surface area contributed by atoms with Crippen LogP contribution in [0.15, 0.2) is 84.9 Å². The van der Waals surface area contributed by atoms with Crippen LogP contribution in [0.3, 0.4) is 0 Å². The van der Waals surface area contributed by atoms with Gasteiger partial charge in [-0.2, -0.15) is 5.26 Å². The molecular weight excluding hydrogens is 637 g/mol. The topological polar surface area (TPSA) is 150 Å². The number of aryl methyl sites for hydroxylation is 2. The summed E-state index contributed by atoms with van der Waals surface area (Å²) in [7, 11) is 0. The highest BCUT2D eigenvalue weighted by Gasteiger charge is 2.23. The average molecular weight is 685 g/mol. The van der Waals surface area contributed by atoms with Crippen LogP contribution in [0.1, 0.15) is 98.9 Å². The van der Waals surface area contributed by atoms with Gasteiger partial charge >= 0.3 is 5.97 Å². The van der Waals surface area contributed by atoms with Crippen molar-refractivity contribution in [2.45, 2.75) is 64.2 Å². The van der Waals surface area contributed by atoms with Gasteiger partial charge in [-0.25, -0.2) is 9.64 Å². The van der Waals surface area contributed by atoms with E-state index in [9.17, 15) is 9.59 Å². The van der Waals surface area contributed by atoms with Crippen LogP contribution in [0.4, 0.5) is 17.1 Å². The van der Waals surface area contributed by atoms with Gasteiger partial charge in [0.05, 0.1) is 23.8 Å². The van der Waals surface area contributed by atoms with Gasteiger partial charge in [-0.1, -0.05) is 48.5 Å². The molecule has 2 fully saturated rings. The van der Waals surface area contributed by atoms with Crippen LogP contribution in [0.2, 0.25) is 0 Å². The summed E-state index contributed by atoms with van der Waals surface area (Å²) in [5, 5.41) is 20.9. The quantitative estimate of drug-likeness (QED) is 0.125. The number of nitrogens with zero attached hydrogens (tertiary/aromatic N) is 3. The second-order valence-corrected chi connectivity index (χ2v) is 13.2. The second-order valence-electron chi connectivity index (χ2n) is 13.2. The number of rotatable bonds is 4. The second kappa shape index (κ2) is 18.9. The third-order valence-corrected chi connectivity index (χ3v) is 9.65. The van der Waals surface area contributed by atoms with Crippen molar-refractivity contribution in [2.75, 3.05) is 37.6 Å². The molecule has 4 aromatic carbocycles. The minimum atomic E-state index is -0.947. The highest BCUT2D eigenvalue weighted by atomic mass is 16.4. The number of carboxylic acid groups (broad SMARTS) is 1. The number of nitrogen functional groups attached to an aromatic ring is 2. The summed E-state index contributed by atoms with van der Waals surface area (Å²) in [5.74, 6) is 0.234. The molecule has 51 heavy (non-hydrogen) atoms. The molecule has 2 unspecified atom stereocenters. The molecule has 264 valence electrons. The third-order valence-electron chi connectivity index (χ3n) is 9.65. The highest BCUT2D eigenvalue weighted by molar-refractivity contribution is 5.95. The molecule has 2 heterocycles. The van der Waals surface area contributed by atoms with Crippen molar-refractivity contribution in [1.82, 2.24) is 10.2 Å². The van der Waals surface area contributed by atoms with Crippen molar-refractivity contribution in [3.05, 3.63) is 135 Å². The molecule has 0 aromatic heterocycles. The molecule has 0 bridgehead atoms. The minimum absolute atomic E-state index is 0.0622. The van der Waals surface area contributed by atoms with E-state index in [4.69, 9.17) is 28.4 Å². The molecule has 0 saturated carbocycles. The van der Waals surface area contributed by atoms with E-state index in [1.54, 1.807) is 12.1 Å². The molecular formula is C42H48N6O3. The molecule has 2 aliphatic rings. The number of likely N-dealkylation sites (tertiary alicyclic amines) is 1. The smallest absolute Gasteiger partial charge is 0.335 e. The van der Waals surface area contributed by atoms with Gasteiger partial charge in [0.15, 0.2) is 5.69 Å². The Kier molecular flexibility index (Phi) is 14.2. The molecule has 6 rings (SSSR count). The van der Waals surface area contributed by atoms with Crippen LogP contribution >= 0.6 is 0 Å². The number of aromatic carboxylic acids is 1. The summed E-state index contributed by atoms with van der Waals surface area (Å²) in [6.07, 6.45) is 6.74. The fourth-order valence-corrected chi connectivity index (χ4v) is 6.37. The number of amides is 1. The Morgan fingerprint density at radius 3 is 1.94 bits per heavy atom. The molecule has 9 nitrogen and oxygen atoms in total. The van der Waals surface area contributed by atoms with Gasteiger partial charge in [-0.3, -0.25) is 4.79 Å². The van der Waals surface area contributed by atoms with E-state index in [1.165, 1.54) is 42.5 Å². The largest absolute Gasteiger partial charge is 0.478 e. The maximum atomic E-state index is 12.8. The fraction of sp³-hybridized carbons (Fsp3) is 0.333. The number of hydrogen-bond acceptors (Lipinski definition) is 6. The van der Waals surface area contributed by atoms with Crippen molar-refractivity contribution in [2.24, 2.45) is 0 Å². The predicted molar refractivity (Wildman–Crippen MR) is 204 cm³/mol. The third kappa shape index (κ3) is 11.2. The van der Waals surface area contributed by atoms with Crippen molar-refractivity contribution >= 4 is 28.9 Å². The van der Waals surface area contributed by atoms with E-state index in [2.05, 4.69) is 28.4 Å². The van der Waals surface area contributed by atoms with Gasteiger partial charge < -0.3 is 26.8 Å². The predicted octanol–water partition coefficient (Wildman–Crippen LogP) is 8.23. The van der Waals surface area contributed by atoms with Crippen LogP contribution in [0.5, 0.6) is 0 Å². The summed E-state index contributed by atoms with van der Waals surface area (Å²) in [5.41, 5.74) is 19.5. The molecule has 0 radical (unpaired) electrons. The molecule has 2 aliphatic heterocycles. The average Bonchev–Trinajstić information content (AvgIpc) is 3.58. The number of nitriles is 1. The molecule has 1 amide bonds. The van der Waals surface area contributed by atoms with E-state index >= 15 is 0 Å². The Labute approximate surface area is 301 Å². The summed E-state index contributed by atoms with van der Waals surface area (Å²) >= 11 is 0. The zero-order valence-electron chi connectivity index (χ0n) is 29.6. The molecule has 4 aromatic rings. The van der Waals surface area contributed by atoms with Crippen LogP contribution in [-0.2, 0) is 0 Å². The zero-order chi connectivity index (χ0) is 36.8. The van der Waals surface area contributed by atoms with Gasteiger partial charge in [0.25, 0.3) is 5.91 Å². The lowest BCUT2D eigenvalue weighted by molar-refractivity contribution is 0.0695. The number of anilines is 2. The Bertz CT molecular complexity index is 1850. The number of carbonyl (C=O) groups is 2. The molecule has 0 aliphatic carbocycles. The Hall–Kier alpha value is -5.64. The lowest BCUT2D eigenvalue weighted by Crippen LogP contribution is -2.32. The van der Waals surface area contributed by atoms with E-state index < -0.39 is 5.97 Å². The van der Waals surface area contributed by atoms with Crippen LogP contribution in [0.25, 0.3) is 4.85 Å². The lowest BCUT2D eigenvalue weighted by atomic mass is 9.91. The fourth-order valence-electron chi connectivity index (χ4n) is 6.37. The number of hydrogen-bond donors (Lipinski definition) is 4. The monoisotopic (exact) mass is 684 g/mol. The van der Waals surface area contributed by atoms with Gasteiger partial charge in [-0.15, -0.1) is 0 Å². The molecule has 0 spiro atoms. The van der Waals surface area contributed by atoms with Gasteiger partial charge in [0.2, 0.25) is 0 Å². The van der Waals surface area contributed by atoms with Gasteiger partial charge in [0.1, 0.15) is 0 Å². The standard InChI is InChI=1S/C21H23N3O.C13H16N2.C8H9NO2/c1-15-4-7-19(13-20(15)23)21(25)24-11-2-3-17(10-12-24)18-8-5-16(14-22)6-9-18;1-14-13-6-4-12(5-7-13)11-3-2-9-15-10-8-11;1-5-2-3-6(8(10)11)4-7(5)9/h4-9,13,17H,2-3,10-12,23H2,1H3;4-7,11,15H,2-3,8-10H2;2-4H,9H2,1H3,(H,10,11). The maximum Gasteiger partial charge on any atom is 0.335 e. The normalized spacial score (nSPS) is 17.1. The van der Waals surface area contributed by atoms with Crippen LogP contribution in [0, 0.1) is 31.8 Å². The first kappa shape index (κ1) is 38.2. The number of carbonyl (C=O) groups excluding carboxylic acids is 1. The number of nitrogens with one attached hydrogen (secondary N) is 1. The number of nitrogens with two attached hydrogens (primary N) is 2. The lowest BCUT2D eigenvalue weighted by Gasteiger charge is -2.21. The minimum Gasteiger partial charge on any atom is -0.478 e. The van der Waals surface area contributed by atoms with Crippen molar-refractivity contribution in [3.8, 4) is 6.07 Å². The summed E-state index contributed by atoms with van der Waals surface area (Å²) in [6, 6.07) is 28.3. The first-order valence-corrected chi connectivity index (χ1v) is 17.5. The van der Waals surface area contributed by atoms with Gasteiger partial charge in [-0.05, 0) is 136 Å². The Morgan fingerprint density at radius 1 is 0.784 bits per heavy atom. The molecule has 9 heteroatoms. The summed E-state index contributed by atoms with van der Waals surface area (Å²) in [4.78, 5) is 28.5. The molecule has 2 atom stereocenters. The van der Waals surface area contributed by atoms with E-state index in [0.29, 0.717) is 34.3 Å². The molecule has 2 saturated heterocycles. The van der Waals surface area contributed by atoms with Crippen LogP contribution in [-0.4, -0.2) is 48.1 Å². The Morgan fingerprint density at radius 2 is 1.35 bits per heavy atom.